The SMILES string of the molecule is CCNCc1oc(CN(C)Cc2ccccc2C)cc1C. The predicted octanol–water partition coefficient (Wildman–Crippen LogP) is 3.64. The Morgan fingerprint density at radius 3 is 2.57 bits per heavy atom. The lowest BCUT2D eigenvalue weighted by molar-refractivity contribution is 0.282. The molecule has 114 valence electrons. The first-order valence-electron chi connectivity index (χ1n) is 7.62. The van der Waals surface area contributed by atoms with Crippen LogP contribution >= 0.6 is 0 Å². The number of aryl methyl sites for hydroxylation is 2. The van der Waals surface area contributed by atoms with E-state index in [1.807, 2.05) is 0 Å². The molecular weight excluding hydrogens is 260 g/mol. The van der Waals surface area contributed by atoms with Crippen LogP contribution in [0.5, 0.6) is 0 Å². The summed E-state index contributed by atoms with van der Waals surface area (Å²) in [5, 5.41) is 3.31. The van der Waals surface area contributed by atoms with Gasteiger partial charge in [-0.3, -0.25) is 4.90 Å². The van der Waals surface area contributed by atoms with E-state index < -0.39 is 0 Å². The van der Waals surface area contributed by atoms with Gasteiger partial charge in [0.15, 0.2) is 0 Å². The van der Waals surface area contributed by atoms with Crippen molar-refractivity contribution in [3.05, 3.63) is 58.5 Å². The highest BCUT2D eigenvalue weighted by Gasteiger charge is 2.10. The molecule has 0 bridgehead atoms. The second-order valence-electron chi connectivity index (χ2n) is 5.70. The molecule has 0 unspecified atom stereocenters. The van der Waals surface area contributed by atoms with Gasteiger partial charge in [-0.1, -0.05) is 31.2 Å². The lowest BCUT2D eigenvalue weighted by Crippen LogP contribution is -2.17. The fourth-order valence-corrected chi connectivity index (χ4v) is 2.48. The smallest absolute Gasteiger partial charge is 0.120 e. The molecule has 2 aromatic rings. The molecule has 0 saturated heterocycles. The van der Waals surface area contributed by atoms with Gasteiger partial charge >= 0.3 is 0 Å². The summed E-state index contributed by atoms with van der Waals surface area (Å²) in [7, 11) is 2.13. The van der Waals surface area contributed by atoms with Crippen molar-refractivity contribution in [1.82, 2.24) is 10.2 Å². The summed E-state index contributed by atoms with van der Waals surface area (Å²) in [6.07, 6.45) is 0. The van der Waals surface area contributed by atoms with Gasteiger partial charge in [0.2, 0.25) is 0 Å². The molecule has 0 saturated carbocycles. The average Bonchev–Trinajstić information content (AvgIpc) is 2.79. The lowest BCUT2D eigenvalue weighted by atomic mass is 10.1. The van der Waals surface area contributed by atoms with Crippen molar-refractivity contribution in [1.29, 1.82) is 0 Å². The van der Waals surface area contributed by atoms with E-state index in [1.54, 1.807) is 0 Å². The van der Waals surface area contributed by atoms with Crippen molar-refractivity contribution < 1.29 is 4.42 Å². The number of hydrogen-bond acceptors (Lipinski definition) is 3. The summed E-state index contributed by atoms with van der Waals surface area (Å²) in [4.78, 5) is 2.29. The maximum atomic E-state index is 5.95. The maximum absolute atomic E-state index is 5.95. The van der Waals surface area contributed by atoms with Gasteiger partial charge in [-0.15, -0.1) is 0 Å². The summed E-state index contributed by atoms with van der Waals surface area (Å²) in [6, 6.07) is 10.7. The molecule has 3 nitrogen and oxygen atoms in total. The fraction of sp³-hybridized carbons (Fsp3) is 0.444. The summed E-state index contributed by atoms with van der Waals surface area (Å²) in [5.74, 6) is 2.09. The first-order chi connectivity index (χ1) is 10.1. The lowest BCUT2D eigenvalue weighted by Gasteiger charge is -2.16. The first kappa shape index (κ1) is 15.8. The van der Waals surface area contributed by atoms with Crippen LogP contribution in [0.4, 0.5) is 0 Å². The molecule has 0 radical (unpaired) electrons. The molecule has 1 aromatic heterocycles. The summed E-state index contributed by atoms with van der Waals surface area (Å²) in [5.41, 5.74) is 3.94. The van der Waals surface area contributed by atoms with Gasteiger partial charge in [0.25, 0.3) is 0 Å². The normalized spacial score (nSPS) is 11.3. The quantitative estimate of drug-likeness (QED) is 0.842. The number of nitrogens with zero attached hydrogens (tertiary/aromatic N) is 1. The van der Waals surface area contributed by atoms with Crippen LogP contribution in [0, 0.1) is 13.8 Å². The first-order valence-corrected chi connectivity index (χ1v) is 7.62. The van der Waals surface area contributed by atoms with E-state index in [4.69, 9.17) is 4.42 Å². The highest BCUT2D eigenvalue weighted by Crippen LogP contribution is 2.17. The van der Waals surface area contributed by atoms with Crippen LogP contribution < -0.4 is 5.32 Å². The second kappa shape index (κ2) is 7.43. The Morgan fingerprint density at radius 1 is 1.10 bits per heavy atom. The zero-order valence-corrected chi connectivity index (χ0v) is 13.6. The molecule has 1 heterocycles. The van der Waals surface area contributed by atoms with Crippen molar-refractivity contribution in [2.45, 2.75) is 40.4 Å². The Labute approximate surface area is 128 Å². The Bertz CT molecular complexity index is 574. The van der Waals surface area contributed by atoms with Gasteiger partial charge in [0.1, 0.15) is 11.5 Å². The average molecular weight is 286 g/mol. The van der Waals surface area contributed by atoms with Crippen LogP contribution in [-0.4, -0.2) is 18.5 Å². The fourth-order valence-electron chi connectivity index (χ4n) is 2.48. The van der Waals surface area contributed by atoms with E-state index in [-0.39, 0.29) is 0 Å². The highest BCUT2D eigenvalue weighted by atomic mass is 16.3. The molecule has 0 fully saturated rings. The van der Waals surface area contributed by atoms with Gasteiger partial charge in [-0.25, -0.2) is 0 Å². The third-order valence-electron chi connectivity index (χ3n) is 3.73. The van der Waals surface area contributed by atoms with Crippen molar-refractivity contribution in [2.75, 3.05) is 13.6 Å². The minimum Gasteiger partial charge on any atom is -0.463 e. The molecule has 0 aliphatic rings. The molecule has 0 aliphatic carbocycles. The van der Waals surface area contributed by atoms with Crippen molar-refractivity contribution in [3.8, 4) is 0 Å². The zero-order chi connectivity index (χ0) is 15.2. The van der Waals surface area contributed by atoms with Crippen LogP contribution in [0.25, 0.3) is 0 Å². The Hall–Kier alpha value is -1.58. The van der Waals surface area contributed by atoms with Crippen LogP contribution in [0.1, 0.15) is 35.1 Å². The van der Waals surface area contributed by atoms with E-state index in [1.165, 1.54) is 16.7 Å². The Kier molecular flexibility index (Phi) is 5.59. The van der Waals surface area contributed by atoms with E-state index >= 15 is 0 Å². The van der Waals surface area contributed by atoms with Crippen LogP contribution in [0.3, 0.4) is 0 Å². The van der Waals surface area contributed by atoms with Crippen LogP contribution in [0.15, 0.2) is 34.7 Å². The van der Waals surface area contributed by atoms with Gasteiger partial charge in [0, 0.05) is 6.54 Å². The number of rotatable bonds is 7. The summed E-state index contributed by atoms with van der Waals surface area (Å²) < 4.78 is 5.95. The molecule has 1 aromatic carbocycles. The number of furan rings is 1. The van der Waals surface area contributed by atoms with Crippen molar-refractivity contribution >= 4 is 0 Å². The topological polar surface area (TPSA) is 28.4 Å². The predicted molar refractivity (Wildman–Crippen MR) is 87.2 cm³/mol. The van der Waals surface area contributed by atoms with Gasteiger partial charge in [-0.2, -0.15) is 0 Å². The minimum absolute atomic E-state index is 0.809. The van der Waals surface area contributed by atoms with E-state index in [0.29, 0.717) is 0 Å². The molecule has 21 heavy (non-hydrogen) atoms. The van der Waals surface area contributed by atoms with E-state index in [2.05, 4.69) is 68.4 Å². The largest absolute Gasteiger partial charge is 0.463 e. The van der Waals surface area contributed by atoms with E-state index in [9.17, 15) is 0 Å². The Morgan fingerprint density at radius 2 is 1.86 bits per heavy atom. The standard InChI is InChI=1S/C18H26N2O/c1-5-19-11-18-15(3)10-17(21-18)13-20(4)12-16-9-7-6-8-14(16)2/h6-10,19H,5,11-13H2,1-4H3. The molecule has 0 aliphatic heterocycles. The number of benzene rings is 1. The van der Waals surface area contributed by atoms with E-state index in [0.717, 1.165) is 37.7 Å². The molecule has 1 N–H and O–H groups in total. The minimum atomic E-state index is 0.809. The summed E-state index contributed by atoms with van der Waals surface area (Å²) in [6.45, 7) is 9.92. The van der Waals surface area contributed by atoms with Gasteiger partial charge in [0.05, 0.1) is 13.1 Å². The number of nitrogens with one attached hydrogen (secondary N) is 1. The molecule has 3 heteroatoms. The monoisotopic (exact) mass is 286 g/mol. The molecule has 0 spiro atoms. The highest BCUT2D eigenvalue weighted by molar-refractivity contribution is 5.25. The molecule has 0 atom stereocenters. The summed E-state index contributed by atoms with van der Waals surface area (Å²) >= 11 is 0. The molecular formula is C18H26N2O. The third-order valence-corrected chi connectivity index (χ3v) is 3.73. The van der Waals surface area contributed by atoms with Crippen LogP contribution in [-0.2, 0) is 19.6 Å². The van der Waals surface area contributed by atoms with Crippen molar-refractivity contribution in [2.24, 2.45) is 0 Å². The van der Waals surface area contributed by atoms with Gasteiger partial charge in [-0.05, 0) is 50.2 Å². The Balaban J connectivity index is 1.96. The molecule has 2 rings (SSSR count). The van der Waals surface area contributed by atoms with Crippen molar-refractivity contribution in [3.63, 3.8) is 0 Å². The molecule has 0 amide bonds. The van der Waals surface area contributed by atoms with Gasteiger partial charge < -0.3 is 9.73 Å². The second-order valence-corrected chi connectivity index (χ2v) is 5.70. The maximum Gasteiger partial charge on any atom is 0.120 e. The third kappa shape index (κ3) is 4.45. The van der Waals surface area contributed by atoms with Crippen LogP contribution in [0.2, 0.25) is 0 Å². The zero-order valence-electron chi connectivity index (χ0n) is 13.6. The number of hydrogen-bond donors (Lipinski definition) is 1.